The normalized spacial score (nSPS) is 11.9. The van der Waals surface area contributed by atoms with Crippen molar-refractivity contribution in [2.75, 3.05) is 11.3 Å². The van der Waals surface area contributed by atoms with E-state index in [0.717, 1.165) is 18.2 Å². The number of nitrogens with one attached hydrogen (secondary N) is 2. The van der Waals surface area contributed by atoms with Gasteiger partial charge in [0.15, 0.2) is 0 Å². The highest BCUT2D eigenvalue weighted by Gasteiger charge is 2.27. The van der Waals surface area contributed by atoms with Crippen LogP contribution in [0.4, 0.5) is 23.2 Å². The molecule has 140 valence electrons. The molecule has 0 aliphatic carbocycles. The van der Waals surface area contributed by atoms with Gasteiger partial charge >= 0.3 is 6.18 Å². The van der Waals surface area contributed by atoms with Gasteiger partial charge < -0.3 is 5.32 Å². The first-order valence-corrected chi connectivity index (χ1v) is 8.70. The predicted octanol–water partition coefficient (Wildman–Crippen LogP) is 3.23. The fourth-order valence-corrected chi connectivity index (χ4v) is 3.11. The standard InChI is InChI=1S/C16H14F4N2O3S/c1-10-8-13(6-7-14(10)17)26(24,25)22-12-4-2-11(3-5-12)15(23)21-9-16(18,19)20/h2-8,22H,9H2,1H3,(H,21,23). The minimum absolute atomic E-state index is 0.0603. The third-order valence-corrected chi connectivity index (χ3v) is 4.67. The van der Waals surface area contributed by atoms with Crippen molar-refractivity contribution >= 4 is 21.6 Å². The first-order chi connectivity index (χ1) is 12.0. The van der Waals surface area contributed by atoms with Crippen molar-refractivity contribution in [1.82, 2.24) is 5.32 Å². The smallest absolute Gasteiger partial charge is 0.343 e. The second-order valence-corrected chi connectivity index (χ2v) is 7.07. The topological polar surface area (TPSA) is 75.3 Å². The molecule has 26 heavy (non-hydrogen) atoms. The number of halogens is 4. The Morgan fingerprint density at radius 1 is 1.08 bits per heavy atom. The molecule has 2 N–H and O–H groups in total. The van der Waals surface area contributed by atoms with Crippen LogP contribution < -0.4 is 10.0 Å². The van der Waals surface area contributed by atoms with Gasteiger partial charge in [0.25, 0.3) is 15.9 Å². The average molecular weight is 390 g/mol. The van der Waals surface area contributed by atoms with E-state index in [2.05, 4.69) is 4.72 Å². The highest BCUT2D eigenvalue weighted by atomic mass is 32.2. The maximum Gasteiger partial charge on any atom is 0.405 e. The van der Waals surface area contributed by atoms with Crippen molar-refractivity contribution in [3.8, 4) is 0 Å². The summed E-state index contributed by atoms with van der Waals surface area (Å²) in [4.78, 5) is 11.4. The van der Waals surface area contributed by atoms with Gasteiger partial charge in [-0.05, 0) is 55.0 Å². The van der Waals surface area contributed by atoms with Crippen LogP contribution in [0.3, 0.4) is 0 Å². The number of carbonyl (C=O) groups is 1. The van der Waals surface area contributed by atoms with E-state index in [1.807, 2.05) is 0 Å². The van der Waals surface area contributed by atoms with E-state index in [1.54, 1.807) is 5.32 Å². The summed E-state index contributed by atoms with van der Waals surface area (Å²) in [6.07, 6.45) is -4.53. The summed E-state index contributed by atoms with van der Waals surface area (Å²) >= 11 is 0. The van der Waals surface area contributed by atoms with Crippen LogP contribution in [-0.2, 0) is 10.0 Å². The second-order valence-electron chi connectivity index (χ2n) is 5.39. The Balaban J connectivity index is 2.10. The maximum absolute atomic E-state index is 13.2. The monoisotopic (exact) mass is 390 g/mol. The molecular formula is C16H14F4N2O3S. The molecule has 0 unspecified atom stereocenters. The van der Waals surface area contributed by atoms with Crippen LogP contribution in [0.25, 0.3) is 0 Å². The van der Waals surface area contributed by atoms with Crippen LogP contribution >= 0.6 is 0 Å². The molecule has 0 spiro atoms. The lowest BCUT2D eigenvalue weighted by molar-refractivity contribution is -0.123. The van der Waals surface area contributed by atoms with E-state index >= 15 is 0 Å². The van der Waals surface area contributed by atoms with E-state index < -0.39 is 34.5 Å². The van der Waals surface area contributed by atoms with Gasteiger partial charge in [0.2, 0.25) is 0 Å². The quantitative estimate of drug-likeness (QED) is 0.770. The van der Waals surface area contributed by atoms with Crippen molar-refractivity contribution in [2.24, 2.45) is 0 Å². The first kappa shape index (κ1) is 19.7. The molecule has 0 bridgehead atoms. The summed E-state index contributed by atoms with van der Waals surface area (Å²) in [6.45, 7) is -0.0488. The van der Waals surface area contributed by atoms with Gasteiger partial charge in [0, 0.05) is 11.3 Å². The number of rotatable bonds is 5. The fraction of sp³-hybridized carbons (Fsp3) is 0.188. The van der Waals surface area contributed by atoms with Gasteiger partial charge in [0.1, 0.15) is 12.4 Å². The molecule has 0 radical (unpaired) electrons. The summed E-state index contributed by atoms with van der Waals surface area (Å²) in [5.74, 6) is -1.48. The molecule has 2 aromatic rings. The summed E-state index contributed by atoms with van der Waals surface area (Å²) in [6, 6.07) is 8.12. The summed E-state index contributed by atoms with van der Waals surface area (Å²) in [5.41, 5.74) is 0.193. The predicted molar refractivity (Wildman–Crippen MR) is 86.8 cm³/mol. The number of aryl methyl sites for hydroxylation is 1. The molecular weight excluding hydrogens is 376 g/mol. The number of hydrogen-bond acceptors (Lipinski definition) is 3. The number of alkyl halides is 3. The summed E-state index contributed by atoms with van der Waals surface area (Å²) in [5, 5.41) is 1.71. The first-order valence-electron chi connectivity index (χ1n) is 7.22. The Morgan fingerprint density at radius 2 is 1.69 bits per heavy atom. The van der Waals surface area contributed by atoms with Crippen molar-refractivity contribution in [1.29, 1.82) is 0 Å². The van der Waals surface area contributed by atoms with E-state index in [1.165, 1.54) is 31.2 Å². The Morgan fingerprint density at radius 3 is 2.23 bits per heavy atom. The van der Waals surface area contributed by atoms with Gasteiger partial charge in [-0.2, -0.15) is 13.2 Å². The lowest BCUT2D eigenvalue weighted by atomic mass is 10.2. The Bertz CT molecular complexity index is 910. The Labute approximate surface area is 147 Å². The Kier molecular flexibility index (Phi) is 5.55. The summed E-state index contributed by atoms with van der Waals surface area (Å²) in [7, 11) is -3.98. The molecule has 5 nitrogen and oxygen atoms in total. The molecule has 0 saturated carbocycles. The zero-order chi connectivity index (χ0) is 19.5. The van der Waals surface area contributed by atoms with Gasteiger partial charge in [-0.3, -0.25) is 9.52 Å². The van der Waals surface area contributed by atoms with Crippen LogP contribution in [-0.4, -0.2) is 27.0 Å². The van der Waals surface area contributed by atoms with Crippen molar-refractivity contribution in [3.63, 3.8) is 0 Å². The third kappa shape index (κ3) is 5.19. The number of anilines is 1. The minimum atomic E-state index is -4.53. The molecule has 2 aromatic carbocycles. The lowest BCUT2D eigenvalue weighted by Crippen LogP contribution is -2.33. The number of benzene rings is 2. The largest absolute Gasteiger partial charge is 0.405 e. The second kappa shape index (κ2) is 7.32. The highest BCUT2D eigenvalue weighted by molar-refractivity contribution is 7.92. The van der Waals surface area contributed by atoms with E-state index in [-0.39, 0.29) is 21.7 Å². The molecule has 0 aliphatic heterocycles. The Hall–Kier alpha value is -2.62. The molecule has 0 fully saturated rings. The van der Waals surface area contributed by atoms with Crippen LogP contribution in [0.5, 0.6) is 0 Å². The lowest BCUT2D eigenvalue weighted by Gasteiger charge is -2.11. The molecule has 0 saturated heterocycles. The van der Waals surface area contributed by atoms with E-state index in [4.69, 9.17) is 0 Å². The van der Waals surface area contributed by atoms with E-state index in [9.17, 15) is 30.8 Å². The number of sulfonamides is 1. The molecule has 0 aromatic heterocycles. The maximum atomic E-state index is 13.2. The zero-order valence-corrected chi connectivity index (χ0v) is 14.2. The number of hydrogen-bond donors (Lipinski definition) is 2. The van der Waals surface area contributed by atoms with Gasteiger partial charge in [-0.25, -0.2) is 12.8 Å². The average Bonchev–Trinajstić information content (AvgIpc) is 2.54. The van der Waals surface area contributed by atoms with Crippen LogP contribution in [0.15, 0.2) is 47.4 Å². The fourth-order valence-electron chi connectivity index (χ4n) is 1.97. The number of amides is 1. The molecule has 1 amide bonds. The SMILES string of the molecule is Cc1cc(S(=O)(=O)Nc2ccc(C(=O)NCC(F)(F)F)cc2)ccc1F. The highest BCUT2D eigenvalue weighted by Crippen LogP contribution is 2.19. The van der Waals surface area contributed by atoms with E-state index in [0.29, 0.717) is 0 Å². The van der Waals surface area contributed by atoms with Crippen molar-refractivity contribution in [2.45, 2.75) is 18.0 Å². The van der Waals surface area contributed by atoms with Gasteiger partial charge in [-0.15, -0.1) is 0 Å². The van der Waals surface area contributed by atoms with Gasteiger partial charge in [-0.1, -0.05) is 0 Å². The summed E-state index contributed by atoms with van der Waals surface area (Å²) < 4.78 is 76.3. The van der Waals surface area contributed by atoms with Crippen LogP contribution in [0, 0.1) is 12.7 Å². The molecule has 2 rings (SSSR count). The molecule has 0 aliphatic rings. The minimum Gasteiger partial charge on any atom is -0.343 e. The van der Waals surface area contributed by atoms with Crippen molar-refractivity contribution in [3.05, 3.63) is 59.4 Å². The molecule has 10 heteroatoms. The van der Waals surface area contributed by atoms with Crippen LogP contribution in [0.1, 0.15) is 15.9 Å². The molecule has 0 atom stereocenters. The zero-order valence-electron chi connectivity index (χ0n) is 13.4. The van der Waals surface area contributed by atoms with Crippen LogP contribution in [0.2, 0.25) is 0 Å². The third-order valence-electron chi connectivity index (χ3n) is 3.29. The van der Waals surface area contributed by atoms with Crippen molar-refractivity contribution < 1.29 is 30.8 Å². The number of carbonyl (C=O) groups excluding carboxylic acids is 1. The molecule has 0 heterocycles. The van der Waals surface area contributed by atoms with Gasteiger partial charge in [0.05, 0.1) is 4.90 Å².